The first-order valence-corrected chi connectivity index (χ1v) is 9.40. The van der Waals surface area contributed by atoms with Crippen molar-refractivity contribution in [3.63, 3.8) is 0 Å². The maximum atomic E-state index is 11.1. The molecule has 0 aromatic rings. The van der Waals surface area contributed by atoms with Crippen molar-refractivity contribution >= 4 is 0 Å². The second-order valence-electron chi connectivity index (χ2n) is 9.28. The molecule has 4 fully saturated rings. The SMILES string of the molecule is C[C@]12CCCC[C@H]1CC[C@@H]1[C@@H]2[C@H](O)C[C@]2(C)[C@@H](N)CC[C@@H]12. The molecule has 2 heteroatoms. The number of rotatable bonds is 0. The van der Waals surface area contributed by atoms with Gasteiger partial charge in [-0.05, 0) is 79.4 Å². The van der Waals surface area contributed by atoms with Crippen LogP contribution in [0.2, 0.25) is 0 Å². The molecule has 0 aliphatic heterocycles. The van der Waals surface area contributed by atoms with Gasteiger partial charge >= 0.3 is 0 Å². The molecule has 0 aromatic carbocycles. The quantitative estimate of drug-likeness (QED) is 0.714. The number of hydrogen-bond donors (Lipinski definition) is 2. The average Bonchev–Trinajstić information content (AvgIpc) is 2.73. The summed E-state index contributed by atoms with van der Waals surface area (Å²) in [4.78, 5) is 0. The van der Waals surface area contributed by atoms with Gasteiger partial charge in [0.25, 0.3) is 0 Å². The summed E-state index contributed by atoms with van der Waals surface area (Å²) >= 11 is 0. The Morgan fingerprint density at radius 3 is 2.57 bits per heavy atom. The van der Waals surface area contributed by atoms with Crippen molar-refractivity contribution in [1.29, 1.82) is 0 Å². The Morgan fingerprint density at radius 1 is 0.952 bits per heavy atom. The van der Waals surface area contributed by atoms with Gasteiger partial charge in [-0.15, -0.1) is 0 Å². The highest BCUT2D eigenvalue weighted by atomic mass is 16.3. The van der Waals surface area contributed by atoms with E-state index in [1.165, 1.54) is 51.4 Å². The second-order valence-corrected chi connectivity index (χ2v) is 9.28. The predicted octanol–water partition coefficient (Wildman–Crippen LogP) is 3.72. The zero-order chi connectivity index (χ0) is 14.8. The summed E-state index contributed by atoms with van der Waals surface area (Å²) in [6.45, 7) is 4.90. The maximum Gasteiger partial charge on any atom is 0.0582 e. The fraction of sp³-hybridized carbons (Fsp3) is 1.00. The predicted molar refractivity (Wildman–Crippen MR) is 85.7 cm³/mol. The Hall–Kier alpha value is -0.0800. The number of hydrogen-bond acceptors (Lipinski definition) is 2. The molecule has 120 valence electrons. The van der Waals surface area contributed by atoms with Gasteiger partial charge in [-0.2, -0.15) is 0 Å². The number of nitrogens with two attached hydrogens (primary N) is 1. The lowest BCUT2D eigenvalue weighted by atomic mass is 9.44. The van der Waals surface area contributed by atoms with Gasteiger partial charge in [-0.1, -0.05) is 26.7 Å². The molecule has 2 nitrogen and oxygen atoms in total. The first-order chi connectivity index (χ1) is 9.97. The first kappa shape index (κ1) is 14.5. The van der Waals surface area contributed by atoms with Crippen LogP contribution in [-0.2, 0) is 0 Å². The summed E-state index contributed by atoms with van der Waals surface area (Å²) < 4.78 is 0. The minimum atomic E-state index is -0.105. The number of aliphatic hydroxyl groups excluding tert-OH is 1. The first-order valence-electron chi connectivity index (χ1n) is 9.40. The van der Waals surface area contributed by atoms with Gasteiger partial charge in [-0.25, -0.2) is 0 Å². The van der Waals surface area contributed by atoms with E-state index in [9.17, 15) is 5.11 Å². The van der Waals surface area contributed by atoms with Crippen LogP contribution < -0.4 is 5.73 Å². The molecule has 21 heavy (non-hydrogen) atoms. The van der Waals surface area contributed by atoms with Crippen LogP contribution in [0.25, 0.3) is 0 Å². The smallest absolute Gasteiger partial charge is 0.0582 e. The van der Waals surface area contributed by atoms with Gasteiger partial charge in [0.2, 0.25) is 0 Å². The summed E-state index contributed by atoms with van der Waals surface area (Å²) in [6.07, 6.45) is 11.7. The molecular formula is C19H33NO. The van der Waals surface area contributed by atoms with Gasteiger partial charge in [0.05, 0.1) is 6.10 Å². The Labute approximate surface area is 129 Å². The third-order valence-corrected chi connectivity index (χ3v) is 8.58. The molecule has 0 radical (unpaired) electrons. The van der Waals surface area contributed by atoms with Crippen LogP contribution in [0, 0.1) is 34.5 Å². The summed E-state index contributed by atoms with van der Waals surface area (Å²) in [5.41, 5.74) is 7.08. The lowest BCUT2D eigenvalue weighted by Crippen LogP contribution is -2.59. The van der Waals surface area contributed by atoms with Gasteiger partial charge < -0.3 is 10.8 Å². The molecule has 0 saturated heterocycles. The average molecular weight is 291 g/mol. The standard InChI is InChI=1S/C19H33NO/c1-18-10-4-3-5-12(18)6-7-13-14-8-9-16(20)19(14,2)11-15(21)17(13)18/h12-17,21H,3-11,20H2,1-2H3/t12-,13-,14-,15+,16-,17+,18-,19-/m0/s1. The van der Waals surface area contributed by atoms with E-state index in [1.807, 2.05) is 0 Å². The van der Waals surface area contributed by atoms with Crippen LogP contribution in [0.1, 0.15) is 71.6 Å². The number of fused-ring (bicyclic) bond motifs is 5. The van der Waals surface area contributed by atoms with Gasteiger partial charge in [-0.3, -0.25) is 0 Å². The van der Waals surface area contributed by atoms with Crippen molar-refractivity contribution in [3.8, 4) is 0 Å². The van der Waals surface area contributed by atoms with Crippen LogP contribution in [0.4, 0.5) is 0 Å². The Balaban J connectivity index is 1.70. The highest BCUT2D eigenvalue weighted by molar-refractivity contribution is 5.12. The molecule has 0 spiro atoms. The highest BCUT2D eigenvalue weighted by Crippen LogP contribution is 2.65. The lowest BCUT2D eigenvalue weighted by Gasteiger charge is -2.61. The Kier molecular flexibility index (Phi) is 3.25. The van der Waals surface area contributed by atoms with Gasteiger partial charge in [0.1, 0.15) is 0 Å². The van der Waals surface area contributed by atoms with Crippen LogP contribution in [0.5, 0.6) is 0 Å². The molecule has 4 saturated carbocycles. The molecule has 0 aromatic heterocycles. The molecule has 8 atom stereocenters. The molecule has 3 N–H and O–H groups in total. The van der Waals surface area contributed by atoms with Crippen LogP contribution >= 0.6 is 0 Å². The third-order valence-electron chi connectivity index (χ3n) is 8.58. The summed E-state index contributed by atoms with van der Waals surface area (Å²) in [5, 5.41) is 11.1. The zero-order valence-corrected chi connectivity index (χ0v) is 13.9. The molecule has 4 aliphatic rings. The number of aliphatic hydroxyl groups is 1. The maximum absolute atomic E-state index is 11.1. The van der Waals surface area contributed by atoms with Crippen LogP contribution in [-0.4, -0.2) is 17.3 Å². The molecule has 0 unspecified atom stereocenters. The van der Waals surface area contributed by atoms with Crippen LogP contribution in [0.3, 0.4) is 0 Å². The van der Waals surface area contributed by atoms with Crippen molar-refractivity contribution in [2.45, 2.75) is 83.8 Å². The van der Waals surface area contributed by atoms with E-state index >= 15 is 0 Å². The second kappa shape index (κ2) is 4.71. The Morgan fingerprint density at radius 2 is 1.76 bits per heavy atom. The molecule has 0 bridgehead atoms. The van der Waals surface area contributed by atoms with E-state index in [4.69, 9.17) is 5.73 Å². The third kappa shape index (κ3) is 1.84. The summed E-state index contributed by atoms with van der Waals surface area (Å²) in [7, 11) is 0. The molecule has 0 amide bonds. The monoisotopic (exact) mass is 291 g/mol. The van der Waals surface area contributed by atoms with E-state index in [1.54, 1.807) is 0 Å². The fourth-order valence-corrected chi connectivity index (χ4v) is 7.46. The molecular weight excluding hydrogens is 258 g/mol. The minimum absolute atomic E-state index is 0.105. The van der Waals surface area contributed by atoms with Crippen molar-refractivity contribution in [1.82, 2.24) is 0 Å². The molecule has 4 aliphatic carbocycles. The van der Waals surface area contributed by atoms with E-state index in [0.717, 1.165) is 24.2 Å². The topological polar surface area (TPSA) is 46.2 Å². The van der Waals surface area contributed by atoms with Crippen molar-refractivity contribution in [3.05, 3.63) is 0 Å². The fourth-order valence-electron chi connectivity index (χ4n) is 7.46. The van der Waals surface area contributed by atoms with Gasteiger partial charge in [0, 0.05) is 6.04 Å². The van der Waals surface area contributed by atoms with E-state index in [0.29, 0.717) is 17.4 Å². The zero-order valence-electron chi connectivity index (χ0n) is 13.9. The lowest BCUT2D eigenvalue weighted by molar-refractivity contribution is -0.164. The van der Waals surface area contributed by atoms with E-state index in [2.05, 4.69) is 13.8 Å². The van der Waals surface area contributed by atoms with Crippen molar-refractivity contribution in [2.24, 2.45) is 40.2 Å². The Bertz CT molecular complexity index is 424. The summed E-state index contributed by atoms with van der Waals surface area (Å²) in [6, 6.07) is 0.315. The largest absolute Gasteiger partial charge is 0.393 e. The van der Waals surface area contributed by atoms with Crippen molar-refractivity contribution in [2.75, 3.05) is 0 Å². The highest BCUT2D eigenvalue weighted by Gasteiger charge is 2.61. The van der Waals surface area contributed by atoms with Crippen LogP contribution in [0.15, 0.2) is 0 Å². The minimum Gasteiger partial charge on any atom is -0.393 e. The molecule has 4 rings (SSSR count). The van der Waals surface area contributed by atoms with Gasteiger partial charge in [0.15, 0.2) is 0 Å². The summed E-state index contributed by atoms with van der Waals surface area (Å²) in [5.74, 6) is 2.95. The van der Waals surface area contributed by atoms with E-state index in [-0.39, 0.29) is 11.5 Å². The molecule has 0 heterocycles. The van der Waals surface area contributed by atoms with Crippen molar-refractivity contribution < 1.29 is 5.11 Å². The normalized spacial score (nSPS) is 60.0. The van der Waals surface area contributed by atoms with E-state index < -0.39 is 0 Å².